The SMILES string of the molecule is COc1ccc(-n2c(CNc3ccccc3Cl)nnc2S[C@H](C)C(=O)Nc2ccc(C)cc2)cc1. The molecule has 2 N–H and O–H groups in total. The number of carbonyl (C=O) groups is 1. The third-order valence-corrected chi connectivity index (χ3v) is 6.68. The van der Waals surface area contributed by atoms with Gasteiger partial charge < -0.3 is 15.4 Å². The van der Waals surface area contributed by atoms with Crippen LogP contribution in [0.2, 0.25) is 5.02 Å². The van der Waals surface area contributed by atoms with Crippen molar-refractivity contribution < 1.29 is 9.53 Å². The van der Waals surface area contributed by atoms with E-state index in [2.05, 4.69) is 20.8 Å². The molecule has 0 aliphatic carbocycles. The number of rotatable bonds is 9. The lowest BCUT2D eigenvalue weighted by Gasteiger charge is -2.15. The van der Waals surface area contributed by atoms with Gasteiger partial charge in [-0.3, -0.25) is 9.36 Å². The smallest absolute Gasteiger partial charge is 0.237 e. The molecule has 4 rings (SSSR count). The van der Waals surface area contributed by atoms with E-state index in [0.717, 1.165) is 28.4 Å². The Kier molecular flexibility index (Phi) is 7.94. The third kappa shape index (κ3) is 6.15. The number of ether oxygens (including phenoxy) is 1. The topological polar surface area (TPSA) is 81.1 Å². The summed E-state index contributed by atoms with van der Waals surface area (Å²) in [6.45, 7) is 4.25. The molecule has 0 aliphatic rings. The molecule has 9 heteroatoms. The van der Waals surface area contributed by atoms with Gasteiger partial charge in [0.25, 0.3) is 0 Å². The van der Waals surface area contributed by atoms with Crippen LogP contribution in [0.1, 0.15) is 18.3 Å². The predicted molar refractivity (Wildman–Crippen MR) is 142 cm³/mol. The van der Waals surface area contributed by atoms with Crippen LogP contribution < -0.4 is 15.4 Å². The minimum absolute atomic E-state index is 0.112. The van der Waals surface area contributed by atoms with Crippen molar-refractivity contribution in [1.82, 2.24) is 14.8 Å². The first-order valence-corrected chi connectivity index (χ1v) is 12.3. The van der Waals surface area contributed by atoms with Gasteiger partial charge in [-0.25, -0.2) is 0 Å². The standard InChI is InChI=1S/C26H26ClN5O2S/c1-17-8-10-19(11-9-17)29-25(33)18(2)35-26-31-30-24(16-28-23-7-5-4-6-22(23)27)32(26)20-12-14-21(34-3)15-13-20/h4-15,18,28H,16H2,1-3H3,(H,29,33)/t18-/m1/s1. The molecule has 35 heavy (non-hydrogen) atoms. The van der Waals surface area contributed by atoms with Crippen LogP contribution in [0.4, 0.5) is 11.4 Å². The van der Waals surface area contributed by atoms with Crippen LogP contribution in [0.3, 0.4) is 0 Å². The lowest BCUT2D eigenvalue weighted by Crippen LogP contribution is -2.23. The fourth-order valence-corrected chi connectivity index (χ4v) is 4.44. The van der Waals surface area contributed by atoms with Gasteiger partial charge in [-0.15, -0.1) is 10.2 Å². The molecule has 7 nitrogen and oxygen atoms in total. The van der Waals surface area contributed by atoms with Crippen molar-refractivity contribution in [3.8, 4) is 11.4 Å². The summed E-state index contributed by atoms with van der Waals surface area (Å²) in [5.74, 6) is 1.32. The normalized spacial score (nSPS) is 11.7. The molecule has 3 aromatic carbocycles. The van der Waals surface area contributed by atoms with Crippen molar-refractivity contribution in [3.05, 3.63) is 89.2 Å². The highest BCUT2D eigenvalue weighted by Crippen LogP contribution is 2.28. The van der Waals surface area contributed by atoms with Gasteiger partial charge in [0.15, 0.2) is 11.0 Å². The maximum absolute atomic E-state index is 12.9. The summed E-state index contributed by atoms with van der Waals surface area (Å²) in [6.07, 6.45) is 0. The summed E-state index contributed by atoms with van der Waals surface area (Å²) >= 11 is 7.64. The van der Waals surface area contributed by atoms with Crippen molar-refractivity contribution in [1.29, 1.82) is 0 Å². The highest BCUT2D eigenvalue weighted by molar-refractivity contribution is 8.00. The van der Waals surface area contributed by atoms with E-state index in [1.54, 1.807) is 7.11 Å². The molecule has 0 aliphatic heterocycles. The second kappa shape index (κ2) is 11.3. The van der Waals surface area contributed by atoms with Crippen LogP contribution in [-0.2, 0) is 11.3 Å². The molecule has 0 saturated heterocycles. The zero-order valence-corrected chi connectivity index (χ0v) is 21.2. The van der Waals surface area contributed by atoms with Crippen LogP contribution >= 0.6 is 23.4 Å². The number of aromatic nitrogens is 3. The number of benzene rings is 3. The van der Waals surface area contributed by atoms with Gasteiger partial charge in [0.05, 0.1) is 29.6 Å². The van der Waals surface area contributed by atoms with Gasteiger partial charge in [-0.05, 0) is 62.4 Å². The molecule has 1 aromatic heterocycles. The fraction of sp³-hybridized carbons (Fsp3) is 0.192. The van der Waals surface area contributed by atoms with E-state index >= 15 is 0 Å². The Balaban J connectivity index is 1.57. The van der Waals surface area contributed by atoms with Gasteiger partial charge in [0.2, 0.25) is 5.91 Å². The Hall–Kier alpha value is -3.49. The Bertz CT molecular complexity index is 1290. The second-order valence-corrected chi connectivity index (χ2v) is 9.60. The number of halogens is 1. The number of para-hydroxylation sites is 1. The quantitative estimate of drug-likeness (QED) is 0.272. The van der Waals surface area contributed by atoms with Gasteiger partial charge in [-0.2, -0.15) is 0 Å². The number of hydrogen-bond acceptors (Lipinski definition) is 6. The molecule has 1 atom stereocenters. The second-order valence-electron chi connectivity index (χ2n) is 7.88. The maximum atomic E-state index is 12.9. The van der Waals surface area contributed by atoms with Gasteiger partial charge in [-0.1, -0.05) is 53.2 Å². The Morgan fingerprint density at radius 3 is 2.46 bits per heavy atom. The predicted octanol–water partition coefficient (Wildman–Crippen LogP) is 5.97. The molecule has 1 heterocycles. The molecule has 180 valence electrons. The fourth-order valence-electron chi connectivity index (χ4n) is 3.35. The van der Waals surface area contributed by atoms with Crippen LogP contribution in [0.15, 0.2) is 78.0 Å². The van der Waals surface area contributed by atoms with Crippen molar-refractivity contribution >= 4 is 40.6 Å². The first-order valence-electron chi connectivity index (χ1n) is 11.1. The number of methoxy groups -OCH3 is 1. The monoisotopic (exact) mass is 507 g/mol. The van der Waals surface area contributed by atoms with Crippen LogP contribution in [0.25, 0.3) is 5.69 Å². The molecule has 0 radical (unpaired) electrons. The summed E-state index contributed by atoms with van der Waals surface area (Å²) in [5, 5.41) is 15.9. The zero-order chi connectivity index (χ0) is 24.8. The molecule has 1 amide bonds. The largest absolute Gasteiger partial charge is 0.497 e. The van der Waals surface area contributed by atoms with Crippen LogP contribution in [-0.4, -0.2) is 33.0 Å². The minimum Gasteiger partial charge on any atom is -0.497 e. The number of carbonyl (C=O) groups excluding carboxylic acids is 1. The zero-order valence-electron chi connectivity index (χ0n) is 19.7. The molecular weight excluding hydrogens is 482 g/mol. The Morgan fingerprint density at radius 2 is 1.77 bits per heavy atom. The maximum Gasteiger partial charge on any atom is 0.237 e. The number of nitrogens with zero attached hydrogens (tertiary/aromatic N) is 3. The number of nitrogens with one attached hydrogen (secondary N) is 2. The summed E-state index contributed by atoms with van der Waals surface area (Å²) in [7, 11) is 1.63. The van der Waals surface area contributed by atoms with Gasteiger partial charge in [0.1, 0.15) is 5.75 Å². The average Bonchev–Trinajstić information content (AvgIpc) is 3.27. The number of hydrogen-bond donors (Lipinski definition) is 2. The molecular formula is C26H26ClN5O2S. The van der Waals surface area contributed by atoms with Crippen molar-refractivity contribution in [2.24, 2.45) is 0 Å². The number of amides is 1. The number of anilines is 2. The van der Waals surface area contributed by atoms with E-state index in [4.69, 9.17) is 16.3 Å². The van der Waals surface area contributed by atoms with E-state index in [9.17, 15) is 4.79 Å². The lowest BCUT2D eigenvalue weighted by atomic mass is 10.2. The van der Waals surface area contributed by atoms with E-state index in [0.29, 0.717) is 22.5 Å². The minimum atomic E-state index is -0.401. The van der Waals surface area contributed by atoms with Crippen molar-refractivity contribution in [3.63, 3.8) is 0 Å². The molecule has 0 saturated carbocycles. The first kappa shape index (κ1) is 24.6. The number of thioether (sulfide) groups is 1. The Labute approximate surface area is 213 Å². The Morgan fingerprint density at radius 1 is 1.06 bits per heavy atom. The van der Waals surface area contributed by atoms with Gasteiger partial charge >= 0.3 is 0 Å². The highest BCUT2D eigenvalue weighted by Gasteiger charge is 2.21. The summed E-state index contributed by atoms with van der Waals surface area (Å²) in [6, 6.07) is 22.9. The molecule has 0 fully saturated rings. The van der Waals surface area contributed by atoms with Gasteiger partial charge in [0, 0.05) is 11.4 Å². The highest BCUT2D eigenvalue weighted by atomic mass is 35.5. The van der Waals surface area contributed by atoms with Crippen LogP contribution in [0.5, 0.6) is 5.75 Å². The molecule has 4 aromatic rings. The van der Waals surface area contributed by atoms with Crippen LogP contribution in [0, 0.1) is 6.92 Å². The number of aryl methyl sites for hydroxylation is 1. The molecule has 0 spiro atoms. The average molecular weight is 508 g/mol. The third-order valence-electron chi connectivity index (χ3n) is 5.31. The van der Waals surface area contributed by atoms with Crippen molar-refractivity contribution in [2.75, 3.05) is 17.7 Å². The summed E-state index contributed by atoms with van der Waals surface area (Å²) < 4.78 is 7.23. The van der Waals surface area contributed by atoms with E-state index in [-0.39, 0.29) is 5.91 Å². The van der Waals surface area contributed by atoms with E-state index in [1.165, 1.54) is 11.8 Å². The molecule has 0 bridgehead atoms. The lowest BCUT2D eigenvalue weighted by molar-refractivity contribution is -0.115. The van der Waals surface area contributed by atoms with E-state index < -0.39 is 5.25 Å². The summed E-state index contributed by atoms with van der Waals surface area (Å²) in [5.41, 5.74) is 3.56. The first-order chi connectivity index (χ1) is 16.9. The molecule has 0 unspecified atom stereocenters. The van der Waals surface area contributed by atoms with E-state index in [1.807, 2.05) is 91.2 Å². The van der Waals surface area contributed by atoms with Crippen molar-refractivity contribution in [2.45, 2.75) is 30.8 Å². The summed E-state index contributed by atoms with van der Waals surface area (Å²) in [4.78, 5) is 12.9.